The Bertz CT molecular complexity index is 420. The molecule has 0 aliphatic rings. The van der Waals surface area contributed by atoms with Crippen LogP contribution in [0.2, 0.25) is 0 Å². The van der Waals surface area contributed by atoms with Gasteiger partial charge in [0.1, 0.15) is 0 Å². The van der Waals surface area contributed by atoms with Crippen molar-refractivity contribution in [3.63, 3.8) is 0 Å². The van der Waals surface area contributed by atoms with Gasteiger partial charge >= 0.3 is 0 Å². The highest BCUT2D eigenvalue weighted by atomic mass is 32.1. The summed E-state index contributed by atoms with van der Waals surface area (Å²) in [6.07, 6.45) is 3.82. The Balaban J connectivity index is 2.03. The van der Waals surface area contributed by atoms with Crippen LogP contribution in [0.5, 0.6) is 0 Å². The summed E-state index contributed by atoms with van der Waals surface area (Å²) < 4.78 is 0. The zero-order valence-corrected chi connectivity index (χ0v) is 10.2. The van der Waals surface area contributed by atoms with Gasteiger partial charge in [0.25, 0.3) is 0 Å². The van der Waals surface area contributed by atoms with Crippen LogP contribution in [-0.2, 0) is 12.8 Å². The first-order valence-electron chi connectivity index (χ1n) is 5.51. The molecule has 1 unspecified atom stereocenters. The van der Waals surface area contributed by atoms with Crippen molar-refractivity contribution in [3.8, 4) is 0 Å². The summed E-state index contributed by atoms with van der Waals surface area (Å²) in [6.45, 7) is 2.16. The van der Waals surface area contributed by atoms with Gasteiger partial charge in [-0.1, -0.05) is 31.2 Å². The summed E-state index contributed by atoms with van der Waals surface area (Å²) in [5.74, 6) is 0. The van der Waals surface area contributed by atoms with Crippen LogP contribution in [0.15, 0.2) is 36.0 Å². The highest BCUT2D eigenvalue weighted by Crippen LogP contribution is 2.19. The second-order valence-electron chi connectivity index (χ2n) is 3.88. The molecule has 0 spiro atoms. The first-order chi connectivity index (χ1) is 7.79. The molecule has 16 heavy (non-hydrogen) atoms. The molecular formula is C13H16N2S. The lowest BCUT2D eigenvalue weighted by Gasteiger charge is -2.09. The number of hydrogen-bond acceptors (Lipinski definition) is 3. The van der Waals surface area contributed by atoms with E-state index in [9.17, 15) is 0 Å². The van der Waals surface area contributed by atoms with Gasteiger partial charge in [0.2, 0.25) is 0 Å². The van der Waals surface area contributed by atoms with Crippen molar-refractivity contribution in [1.29, 1.82) is 0 Å². The Morgan fingerprint density at radius 2 is 1.94 bits per heavy atom. The molecule has 0 saturated heterocycles. The van der Waals surface area contributed by atoms with Crippen molar-refractivity contribution < 1.29 is 0 Å². The Hall–Kier alpha value is -1.19. The van der Waals surface area contributed by atoms with Crippen molar-refractivity contribution in [2.45, 2.75) is 25.8 Å². The number of thiazole rings is 1. The fourth-order valence-corrected chi connectivity index (χ4v) is 2.30. The largest absolute Gasteiger partial charge is 0.323 e. The van der Waals surface area contributed by atoms with Crippen molar-refractivity contribution in [2.75, 3.05) is 0 Å². The second kappa shape index (κ2) is 5.23. The number of aromatic nitrogens is 1. The number of rotatable bonds is 4. The fraction of sp³-hybridized carbons (Fsp3) is 0.308. The lowest BCUT2D eigenvalue weighted by molar-refractivity contribution is 0.734. The third-order valence-corrected chi connectivity index (χ3v) is 3.61. The molecule has 0 fully saturated rings. The molecule has 0 amide bonds. The van der Waals surface area contributed by atoms with Crippen LogP contribution >= 0.6 is 11.3 Å². The highest BCUT2D eigenvalue weighted by Gasteiger charge is 2.08. The van der Waals surface area contributed by atoms with E-state index in [1.165, 1.54) is 11.1 Å². The van der Waals surface area contributed by atoms with E-state index in [-0.39, 0.29) is 6.04 Å². The highest BCUT2D eigenvalue weighted by molar-refractivity contribution is 7.09. The van der Waals surface area contributed by atoms with Crippen LogP contribution in [0.1, 0.15) is 29.0 Å². The van der Waals surface area contributed by atoms with Crippen LogP contribution in [0, 0.1) is 0 Å². The molecule has 0 aliphatic heterocycles. The molecular weight excluding hydrogens is 216 g/mol. The van der Waals surface area contributed by atoms with Crippen LogP contribution in [0.4, 0.5) is 0 Å². The number of nitrogens with two attached hydrogens (primary N) is 1. The maximum absolute atomic E-state index is 6.11. The molecule has 1 heterocycles. The molecule has 0 radical (unpaired) electrons. The molecule has 1 aromatic heterocycles. The monoisotopic (exact) mass is 232 g/mol. The summed E-state index contributed by atoms with van der Waals surface area (Å²) in [6, 6.07) is 8.75. The second-order valence-corrected chi connectivity index (χ2v) is 4.80. The van der Waals surface area contributed by atoms with Gasteiger partial charge in [0, 0.05) is 17.1 Å². The van der Waals surface area contributed by atoms with E-state index in [1.807, 2.05) is 11.7 Å². The summed E-state index contributed by atoms with van der Waals surface area (Å²) in [5, 5.41) is 0. The quantitative estimate of drug-likeness (QED) is 0.880. The average Bonchev–Trinajstić information content (AvgIpc) is 2.83. The van der Waals surface area contributed by atoms with Gasteiger partial charge < -0.3 is 5.73 Å². The third-order valence-electron chi connectivity index (χ3n) is 2.70. The van der Waals surface area contributed by atoms with E-state index < -0.39 is 0 Å². The zero-order valence-electron chi connectivity index (χ0n) is 9.39. The van der Waals surface area contributed by atoms with E-state index >= 15 is 0 Å². The van der Waals surface area contributed by atoms with Crippen LogP contribution in [0.25, 0.3) is 0 Å². The molecule has 2 nitrogen and oxygen atoms in total. The minimum Gasteiger partial charge on any atom is -0.323 e. The molecule has 3 heteroatoms. The molecule has 1 aromatic carbocycles. The Morgan fingerprint density at radius 3 is 2.50 bits per heavy atom. The number of benzene rings is 1. The summed E-state index contributed by atoms with van der Waals surface area (Å²) in [4.78, 5) is 5.20. The first-order valence-corrected chi connectivity index (χ1v) is 6.39. The van der Waals surface area contributed by atoms with Gasteiger partial charge in [-0.15, -0.1) is 11.3 Å². The van der Waals surface area contributed by atoms with E-state index in [4.69, 9.17) is 5.73 Å². The van der Waals surface area contributed by atoms with E-state index in [0.29, 0.717) is 0 Å². The topological polar surface area (TPSA) is 38.9 Å². The van der Waals surface area contributed by atoms with Crippen LogP contribution < -0.4 is 5.73 Å². The predicted molar refractivity (Wildman–Crippen MR) is 68.6 cm³/mol. The van der Waals surface area contributed by atoms with Gasteiger partial charge in [-0.05, 0) is 24.0 Å². The van der Waals surface area contributed by atoms with Gasteiger partial charge in [-0.3, -0.25) is 4.98 Å². The van der Waals surface area contributed by atoms with Gasteiger partial charge in [-0.25, -0.2) is 0 Å². The standard InChI is InChI=1S/C13H16N2S/c1-2-10-3-5-11(6-4-10)7-12(14)13-8-15-9-16-13/h3-6,8-9,12H,2,7,14H2,1H3. The first kappa shape index (κ1) is 11.3. The van der Waals surface area contributed by atoms with Crippen LogP contribution in [-0.4, -0.2) is 4.98 Å². The normalized spacial score (nSPS) is 12.6. The van der Waals surface area contributed by atoms with Crippen molar-refractivity contribution in [3.05, 3.63) is 52.0 Å². The average molecular weight is 232 g/mol. The third kappa shape index (κ3) is 2.68. The molecule has 2 rings (SSSR count). The van der Waals surface area contributed by atoms with Crippen molar-refractivity contribution >= 4 is 11.3 Å². The minimum absolute atomic E-state index is 0.0694. The molecule has 0 aliphatic carbocycles. The summed E-state index contributed by atoms with van der Waals surface area (Å²) in [7, 11) is 0. The predicted octanol–water partition coefficient (Wildman–Crippen LogP) is 2.95. The maximum atomic E-state index is 6.11. The molecule has 0 saturated carbocycles. The maximum Gasteiger partial charge on any atom is 0.0794 e. The van der Waals surface area contributed by atoms with E-state index in [2.05, 4.69) is 36.2 Å². The van der Waals surface area contributed by atoms with Gasteiger partial charge in [0.05, 0.1) is 5.51 Å². The van der Waals surface area contributed by atoms with Crippen LogP contribution in [0.3, 0.4) is 0 Å². The molecule has 2 aromatic rings. The lowest BCUT2D eigenvalue weighted by Crippen LogP contribution is -2.11. The summed E-state index contributed by atoms with van der Waals surface area (Å²) in [5.41, 5.74) is 10.6. The van der Waals surface area contributed by atoms with Crippen molar-refractivity contribution in [1.82, 2.24) is 4.98 Å². The smallest absolute Gasteiger partial charge is 0.0794 e. The Kier molecular flexibility index (Phi) is 3.70. The zero-order chi connectivity index (χ0) is 11.4. The molecule has 84 valence electrons. The lowest BCUT2D eigenvalue weighted by atomic mass is 10.0. The number of aryl methyl sites for hydroxylation is 1. The van der Waals surface area contributed by atoms with Crippen molar-refractivity contribution in [2.24, 2.45) is 5.73 Å². The summed E-state index contributed by atoms with van der Waals surface area (Å²) >= 11 is 1.62. The Morgan fingerprint density at radius 1 is 1.25 bits per heavy atom. The number of hydrogen-bond donors (Lipinski definition) is 1. The molecule has 0 bridgehead atoms. The Labute approximate surface area is 100 Å². The van der Waals surface area contributed by atoms with E-state index in [1.54, 1.807) is 11.3 Å². The minimum atomic E-state index is 0.0694. The SMILES string of the molecule is CCc1ccc(CC(N)c2cncs2)cc1. The van der Waals surface area contributed by atoms with Gasteiger partial charge in [0.15, 0.2) is 0 Å². The fourth-order valence-electron chi connectivity index (χ4n) is 1.67. The number of nitrogens with zero attached hydrogens (tertiary/aromatic N) is 1. The van der Waals surface area contributed by atoms with E-state index in [0.717, 1.165) is 17.7 Å². The van der Waals surface area contributed by atoms with Gasteiger partial charge in [-0.2, -0.15) is 0 Å². The molecule has 1 atom stereocenters. The molecule has 2 N–H and O–H groups in total.